The largest absolute Gasteiger partial charge is 0.497 e. The zero-order chi connectivity index (χ0) is 18.8. The number of aromatic nitrogens is 2. The van der Waals surface area contributed by atoms with E-state index in [4.69, 9.17) is 9.84 Å². The molecule has 27 heavy (non-hydrogen) atoms. The van der Waals surface area contributed by atoms with Crippen LogP contribution in [0.15, 0.2) is 53.6 Å². The Balaban J connectivity index is 1.84. The summed E-state index contributed by atoms with van der Waals surface area (Å²) in [6, 6.07) is 11.3. The summed E-state index contributed by atoms with van der Waals surface area (Å²) < 4.78 is 7.49. The predicted octanol–water partition coefficient (Wildman–Crippen LogP) is 3.40. The number of anilines is 1. The van der Waals surface area contributed by atoms with Crippen molar-refractivity contribution in [2.75, 3.05) is 25.6 Å². The van der Waals surface area contributed by atoms with E-state index in [1.54, 1.807) is 24.1 Å². The lowest BCUT2D eigenvalue weighted by Gasteiger charge is -2.08. The minimum absolute atomic E-state index is 0.0676. The standard InChI is InChI=1S/C20H19N3O3S/c1-26-14-5-3-13(4-6-14)23-11-8-15-17-16(21-9-2-12-24)7-10-22-19(17)27-18(15)20(23)25/h3-8,10-11,24H,2,9,12H2,1H3,(H,21,22). The number of hydrogen-bond donors (Lipinski definition) is 2. The molecule has 138 valence electrons. The molecule has 0 saturated heterocycles. The monoisotopic (exact) mass is 381 g/mol. The molecule has 0 unspecified atom stereocenters. The van der Waals surface area contributed by atoms with Gasteiger partial charge in [-0.3, -0.25) is 9.36 Å². The van der Waals surface area contributed by atoms with Crippen LogP contribution in [-0.2, 0) is 0 Å². The van der Waals surface area contributed by atoms with Gasteiger partial charge < -0.3 is 15.2 Å². The van der Waals surface area contributed by atoms with E-state index in [2.05, 4.69) is 10.3 Å². The first-order chi connectivity index (χ1) is 13.2. The topological polar surface area (TPSA) is 76.4 Å². The normalized spacial score (nSPS) is 11.2. The number of rotatable bonds is 6. The summed E-state index contributed by atoms with van der Waals surface area (Å²) in [5.41, 5.74) is 1.65. The molecule has 3 heterocycles. The Labute approximate surface area is 159 Å². The van der Waals surface area contributed by atoms with Gasteiger partial charge in [-0.1, -0.05) is 0 Å². The number of pyridine rings is 2. The molecule has 0 aliphatic carbocycles. The second kappa shape index (κ2) is 7.38. The number of nitrogens with one attached hydrogen (secondary N) is 1. The fourth-order valence-electron chi connectivity index (χ4n) is 3.09. The van der Waals surface area contributed by atoms with Crippen molar-refractivity contribution in [3.05, 3.63) is 59.1 Å². The quantitative estimate of drug-likeness (QED) is 0.501. The maximum absolute atomic E-state index is 13.1. The van der Waals surface area contributed by atoms with Gasteiger partial charge >= 0.3 is 0 Å². The first kappa shape index (κ1) is 17.5. The Morgan fingerprint density at radius 2 is 2.04 bits per heavy atom. The van der Waals surface area contributed by atoms with Crippen LogP contribution in [0.3, 0.4) is 0 Å². The molecule has 0 atom stereocenters. The highest BCUT2D eigenvalue weighted by molar-refractivity contribution is 7.25. The van der Waals surface area contributed by atoms with Crippen LogP contribution in [0.1, 0.15) is 6.42 Å². The molecule has 0 aliphatic heterocycles. The highest BCUT2D eigenvalue weighted by Gasteiger charge is 2.14. The number of aliphatic hydroxyl groups excluding tert-OH is 1. The van der Waals surface area contributed by atoms with Crippen molar-refractivity contribution in [2.45, 2.75) is 6.42 Å². The zero-order valence-electron chi connectivity index (χ0n) is 14.8. The van der Waals surface area contributed by atoms with Crippen molar-refractivity contribution in [3.63, 3.8) is 0 Å². The molecule has 0 radical (unpaired) electrons. The Morgan fingerprint density at radius 1 is 1.22 bits per heavy atom. The number of fused-ring (bicyclic) bond motifs is 3. The molecule has 0 aliphatic rings. The van der Waals surface area contributed by atoms with Crippen LogP contribution >= 0.6 is 11.3 Å². The van der Waals surface area contributed by atoms with Crippen molar-refractivity contribution in [3.8, 4) is 11.4 Å². The summed E-state index contributed by atoms with van der Waals surface area (Å²) in [6.45, 7) is 0.800. The summed E-state index contributed by atoms with van der Waals surface area (Å²) in [5, 5.41) is 14.2. The van der Waals surface area contributed by atoms with E-state index < -0.39 is 0 Å². The first-order valence-electron chi connectivity index (χ1n) is 8.65. The van der Waals surface area contributed by atoms with Crippen LogP contribution in [0.25, 0.3) is 26.0 Å². The smallest absolute Gasteiger partial charge is 0.273 e. The van der Waals surface area contributed by atoms with Crippen molar-refractivity contribution < 1.29 is 9.84 Å². The molecule has 6 nitrogen and oxygen atoms in total. The van der Waals surface area contributed by atoms with Crippen LogP contribution in [0.2, 0.25) is 0 Å². The molecular formula is C20H19N3O3S. The van der Waals surface area contributed by atoms with E-state index in [0.29, 0.717) is 17.7 Å². The van der Waals surface area contributed by atoms with Crippen LogP contribution in [0.4, 0.5) is 5.69 Å². The van der Waals surface area contributed by atoms with Gasteiger partial charge in [0.2, 0.25) is 0 Å². The SMILES string of the molecule is COc1ccc(-n2ccc3c(sc4nccc(NCCCO)c43)c2=O)cc1. The average molecular weight is 381 g/mol. The summed E-state index contributed by atoms with van der Waals surface area (Å²) in [4.78, 5) is 18.3. The van der Waals surface area contributed by atoms with E-state index in [1.807, 2.05) is 36.4 Å². The van der Waals surface area contributed by atoms with Crippen molar-refractivity contribution in [1.29, 1.82) is 0 Å². The van der Waals surface area contributed by atoms with Crippen molar-refractivity contribution in [2.24, 2.45) is 0 Å². The number of aliphatic hydroxyl groups is 1. The average Bonchev–Trinajstić information content (AvgIpc) is 3.09. The molecule has 4 aromatic rings. The van der Waals surface area contributed by atoms with E-state index >= 15 is 0 Å². The molecule has 0 fully saturated rings. The highest BCUT2D eigenvalue weighted by Crippen LogP contribution is 2.35. The fourth-order valence-corrected chi connectivity index (χ4v) is 4.18. The molecule has 3 aromatic heterocycles. The van der Waals surface area contributed by atoms with E-state index in [1.165, 1.54) is 11.3 Å². The van der Waals surface area contributed by atoms with Gasteiger partial charge in [-0.25, -0.2) is 4.98 Å². The summed E-state index contributed by atoms with van der Waals surface area (Å²) >= 11 is 1.40. The van der Waals surface area contributed by atoms with Gasteiger partial charge in [0.25, 0.3) is 5.56 Å². The summed E-state index contributed by atoms with van der Waals surface area (Å²) in [7, 11) is 1.61. The number of benzene rings is 1. The molecule has 7 heteroatoms. The Hall–Kier alpha value is -2.90. The van der Waals surface area contributed by atoms with E-state index in [0.717, 1.165) is 32.7 Å². The lowest BCUT2D eigenvalue weighted by molar-refractivity contribution is 0.292. The Morgan fingerprint density at radius 3 is 2.78 bits per heavy atom. The predicted molar refractivity (Wildman–Crippen MR) is 109 cm³/mol. The van der Waals surface area contributed by atoms with Crippen LogP contribution < -0.4 is 15.6 Å². The first-order valence-corrected chi connectivity index (χ1v) is 9.46. The summed E-state index contributed by atoms with van der Waals surface area (Å²) in [6.07, 6.45) is 4.19. The third kappa shape index (κ3) is 3.15. The number of nitrogens with zero attached hydrogens (tertiary/aromatic N) is 2. The van der Waals surface area contributed by atoms with Crippen LogP contribution in [0, 0.1) is 0 Å². The van der Waals surface area contributed by atoms with Gasteiger partial charge in [0.1, 0.15) is 15.3 Å². The maximum Gasteiger partial charge on any atom is 0.273 e. The molecular weight excluding hydrogens is 362 g/mol. The summed E-state index contributed by atoms with van der Waals surface area (Å²) in [5.74, 6) is 0.748. The third-order valence-corrected chi connectivity index (χ3v) is 5.53. The Kier molecular flexibility index (Phi) is 4.79. The molecule has 0 saturated carbocycles. The highest BCUT2D eigenvalue weighted by atomic mass is 32.1. The van der Waals surface area contributed by atoms with Gasteiger partial charge in [-0.05, 0) is 42.8 Å². The van der Waals surface area contributed by atoms with Crippen LogP contribution in [-0.4, -0.2) is 34.9 Å². The van der Waals surface area contributed by atoms with Gasteiger partial charge in [0, 0.05) is 47.7 Å². The lowest BCUT2D eigenvalue weighted by atomic mass is 10.2. The molecule has 0 amide bonds. The van der Waals surface area contributed by atoms with Crippen molar-refractivity contribution >= 4 is 37.3 Å². The molecule has 1 aromatic carbocycles. The van der Waals surface area contributed by atoms with Gasteiger partial charge in [-0.15, -0.1) is 11.3 Å². The number of ether oxygens (including phenoxy) is 1. The Bertz CT molecular complexity index is 1150. The van der Waals surface area contributed by atoms with Gasteiger partial charge in [-0.2, -0.15) is 0 Å². The minimum Gasteiger partial charge on any atom is -0.497 e. The molecule has 2 N–H and O–H groups in total. The maximum atomic E-state index is 13.1. The molecule has 0 bridgehead atoms. The number of hydrogen-bond acceptors (Lipinski definition) is 6. The fraction of sp³-hybridized carbons (Fsp3) is 0.200. The second-order valence-electron chi connectivity index (χ2n) is 6.08. The van der Waals surface area contributed by atoms with E-state index in [9.17, 15) is 4.79 Å². The third-order valence-electron chi connectivity index (χ3n) is 4.43. The zero-order valence-corrected chi connectivity index (χ0v) is 15.6. The van der Waals surface area contributed by atoms with Gasteiger partial charge in [0.15, 0.2) is 0 Å². The molecule has 4 rings (SSSR count). The minimum atomic E-state index is -0.0676. The second-order valence-corrected chi connectivity index (χ2v) is 7.08. The number of methoxy groups -OCH3 is 1. The van der Waals surface area contributed by atoms with Crippen molar-refractivity contribution in [1.82, 2.24) is 9.55 Å². The van der Waals surface area contributed by atoms with Gasteiger partial charge in [0.05, 0.1) is 7.11 Å². The number of thiophene rings is 1. The van der Waals surface area contributed by atoms with Crippen LogP contribution in [0.5, 0.6) is 5.75 Å². The molecule has 0 spiro atoms. The van der Waals surface area contributed by atoms with E-state index in [-0.39, 0.29) is 12.2 Å². The lowest BCUT2D eigenvalue weighted by Crippen LogP contribution is -2.16.